The van der Waals surface area contributed by atoms with Crippen LogP contribution < -0.4 is 4.72 Å². The number of esters is 1. The third kappa shape index (κ3) is 5.28. The van der Waals surface area contributed by atoms with Gasteiger partial charge < -0.3 is 4.74 Å². The van der Waals surface area contributed by atoms with Crippen molar-refractivity contribution in [1.82, 2.24) is 4.72 Å². The Hall–Kier alpha value is -1.73. The molecule has 0 amide bonds. The molecule has 7 heteroatoms. The Morgan fingerprint density at radius 3 is 2.48 bits per heavy atom. The lowest BCUT2D eigenvalue weighted by Crippen LogP contribution is -2.40. The van der Waals surface area contributed by atoms with Gasteiger partial charge in [0.1, 0.15) is 5.82 Å². The van der Waals surface area contributed by atoms with E-state index in [9.17, 15) is 17.6 Å². The van der Waals surface area contributed by atoms with E-state index < -0.39 is 27.3 Å². The molecule has 1 aromatic rings. The molecule has 116 valence electrons. The van der Waals surface area contributed by atoms with Crippen LogP contribution in [0.25, 0.3) is 6.08 Å². The molecule has 0 bridgehead atoms. The molecule has 1 aromatic carbocycles. The topological polar surface area (TPSA) is 72.5 Å². The summed E-state index contributed by atoms with van der Waals surface area (Å²) in [6, 6.07) is 3.24. The summed E-state index contributed by atoms with van der Waals surface area (Å²) >= 11 is 0. The van der Waals surface area contributed by atoms with E-state index in [1.807, 2.05) is 0 Å². The maximum absolute atomic E-state index is 13.3. The van der Waals surface area contributed by atoms with Crippen LogP contribution in [0.3, 0.4) is 0 Å². The van der Waals surface area contributed by atoms with Crippen molar-refractivity contribution in [2.75, 3.05) is 7.11 Å². The lowest BCUT2D eigenvalue weighted by molar-refractivity contribution is -0.134. The summed E-state index contributed by atoms with van der Waals surface area (Å²) in [6.45, 7) is 5.08. The molecule has 0 aliphatic heterocycles. The van der Waals surface area contributed by atoms with Crippen LogP contribution in [0.1, 0.15) is 26.3 Å². The number of hydrogen-bond acceptors (Lipinski definition) is 4. The van der Waals surface area contributed by atoms with Crippen LogP contribution in [0, 0.1) is 5.82 Å². The molecule has 0 spiro atoms. The second-order valence-electron chi connectivity index (χ2n) is 5.39. The SMILES string of the molecule is COC(=O)/C=C/c1cc(F)ccc1S(=O)(=O)NC(C)(C)C. The number of ether oxygens (including phenoxy) is 1. The molecule has 1 N–H and O–H groups in total. The predicted octanol–water partition coefficient (Wildman–Crippen LogP) is 2.09. The van der Waals surface area contributed by atoms with Gasteiger partial charge in [-0.25, -0.2) is 22.3 Å². The van der Waals surface area contributed by atoms with Crippen molar-refractivity contribution in [3.05, 3.63) is 35.7 Å². The predicted molar refractivity (Wildman–Crippen MR) is 77.5 cm³/mol. The van der Waals surface area contributed by atoms with Crippen LogP contribution in [0.2, 0.25) is 0 Å². The molecule has 1 rings (SSSR count). The van der Waals surface area contributed by atoms with Crippen molar-refractivity contribution < 1.29 is 22.3 Å². The van der Waals surface area contributed by atoms with Crippen molar-refractivity contribution in [2.24, 2.45) is 0 Å². The summed E-state index contributed by atoms with van der Waals surface area (Å²) in [5.74, 6) is -1.26. The third-order valence-corrected chi connectivity index (χ3v) is 4.13. The van der Waals surface area contributed by atoms with Crippen molar-refractivity contribution >= 4 is 22.1 Å². The Balaban J connectivity index is 3.30. The number of carbonyl (C=O) groups is 1. The van der Waals surface area contributed by atoms with Gasteiger partial charge in [-0.05, 0) is 50.6 Å². The van der Waals surface area contributed by atoms with Crippen LogP contribution >= 0.6 is 0 Å². The number of sulfonamides is 1. The number of hydrogen-bond donors (Lipinski definition) is 1. The fraction of sp³-hybridized carbons (Fsp3) is 0.357. The van der Waals surface area contributed by atoms with E-state index in [1.165, 1.54) is 13.2 Å². The van der Waals surface area contributed by atoms with Gasteiger partial charge in [-0.15, -0.1) is 0 Å². The van der Waals surface area contributed by atoms with Crippen LogP contribution in [0.5, 0.6) is 0 Å². The average molecular weight is 315 g/mol. The second kappa shape index (κ2) is 6.36. The Labute approximate surface area is 123 Å². The van der Waals surface area contributed by atoms with Gasteiger partial charge in [0.05, 0.1) is 12.0 Å². The molecule has 21 heavy (non-hydrogen) atoms. The molecule has 0 saturated heterocycles. The van der Waals surface area contributed by atoms with Gasteiger partial charge in [-0.2, -0.15) is 0 Å². The number of halogens is 1. The van der Waals surface area contributed by atoms with Crippen LogP contribution in [0.4, 0.5) is 4.39 Å². The normalized spacial score (nSPS) is 12.6. The molecule has 0 aliphatic rings. The Morgan fingerprint density at radius 1 is 1.33 bits per heavy atom. The maximum Gasteiger partial charge on any atom is 0.330 e. The molecule has 0 atom stereocenters. The Bertz CT molecular complexity index is 660. The fourth-order valence-corrected chi connectivity index (χ4v) is 3.18. The van der Waals surface area contributed by atoms with Crippen LogP contribution in [-0.2, 0) is 19.6 Å². The van der Waals surface area contributed by atoms with Crippen molar-refractivity contribution in [3.8, 4) is 0 Å². The van der Waals surface area contributed by atoms with Gasteiger partial charge in [0.15, 0.2) is 0 Å². The van der Waals surface area contributed by atoms with E-state index in [4.69, 9.17) is 0 Å². The molecule has 0 radical (unpaired) electrons. The minimum Gasteiger partial charge on any atom is -0.466 e. The van der Waals surface area contributed by atoms with Gasteiger partial charge in [0.2, 0.25) is 10.0 Å². The summed E-state index contributed by atoms with van der Waals surface area (Å²) in [5.41, 5.74) is -0.617. The third-order valence-electron chi connectivity index (χ3n) is 2.30. The van der Waals surface area contributed by atoms with E-state index in [0.717, 1.165) is 24.3 Å². The lowest BCUT2D eigenvalue weighted by atomic mass is 10.1. The molecule has 0 saturated carbocycles. The summed E-state index contributed by atoms with van der Waals surface area (Å²) < 4.78 is 44.8. The first-order valence-corrected chi connectivity index (χ1v) is 7.63. The van der Waals surface area contributed by atoms with E-state index in [-0.39, 0.29) is 10.5 Å². The van der Waals surface area contributed by atoms with Crippen LogP contribution in [0.15, 0.2) is 29.2 Å². The zero-order valence-electron chi connectivity index (χ0n) is 12.3. The zero-order valence-corrected chi connectivity index (χ0v) is 13.1. The molecule has 0 aromatic heterocycles. The van der Waals surface area contributed by atoms with Gasteiger partial charge in [-0.3, -0.25) is 0 Å². The zero-order chi connectivity index (χ0) is 16.3. The van der Waals surface area contributed by atoms with E-state index in [2.05, 4.69) is 9.46 Å². The minimum absolute atomic E-state index is 0.0668. The largest absolute Gasteiger partial charge is 0.466 e. The Kier molecular flexibility index (Phi) is 5.25. The summed E-state index contributed by atoms with van der Waals surface area (Å²) in [5, 5.41) is 0. The fourth-order valence-electron chi connectivity index (χ4n) is 1.58. The highest BCUT2D eigenvalue weighted by Crippen LogP contribution is 2.20. The highest BCUT2D eigenvalue weighted by Gasteiger charge is 2.24. The molecule has 0 heterocycles. The smallest absolute Gasteiger partial charge is 0.330 e. The van der Waals surface area contributed by atoms with E-state index in [1.54, 1.807) is 20.8 Å². The summed E-state index contributed by atoms with van der Waals surface area (Å²) in [7, 11) is -2.65. The van der Waals surface area contributed by atoms with Gasteiger partial charge in [-0.1, -0.05) is 0 Å². The van der Waals surface area contributed by atoms with Crippen molar-refractivity contribution in [3.63, 3.8) is 0 Å². The number of benzene rings is 1. The monoisotopic (exact) mass is 315 g/mol. The average Bonchev–Trinajstić information content (AvgIpc) is 2.32. The molecule has 5 nitrogen and oxygen atoms in total. The van der Waals surface area contributed by atoms with Crippen molar-refractivity contribution in [2.45, 2.75) is 31.2 Å². The Morgan fingerprint density at radius 2 is 1.95 bits per heavy atom. The minimum atomic E-state index is -3.84. The standard InChI is InChI=1S/C14H18FNO4S/c1-14(2,3)16-21(18,19)12-7-6-11(15)9-10(12)5-8-13(17)20-4/h5-9,16H,1-4H3/b8-5+. The molecular weight excluding hydrogens is 297 g/mol. The molecule has 0 unspecified atom stereocenters. The van der Waals surface area contributed by atoms with E-state index >= 15 is 0 Å². The number of rotatable bonds is 4. The first kappa shape index (κ1) is 17.3. The summed E-state index contributed by atoms with van der Waals surface area (Å²) in [6.07, 6.45) is 2.23. The van der Waals surface area contributed by atoms with Gasteiger partial charge in [0, 0.05) is 11.6 Å². The first-order chi connectivity index (χ1) is 9.55. The van der Waals surface area contributed by atoms with Crippen molar-refractivity contribution in [1.29, 1.82) is 0 Å². The van der Waals surface area contributed by atoms with Crippen LogP contribution in [-0.4, -0.2) is 27.0 Å². The highest BCUT2D eigenvalue weighted by molar-refractivity contribution is 7.89. The second-order valence-corrected chi connectivity index (χ2v) is 7.04. The number of carbonyl (C=O) groups excluding carboxylic acids is 1. The van der Waals surface area contributed by atoms with E-state index in [0.29, 0.717) is 0 Å². The maximum atomic E-state index is 13.3. The van der Waals surface area contributed by atoms with Gasteiger partial charge in [0.25, 0.3) is 0 Å². The first-order valence-electron chi connectivity index (χ1n) is 6.15. The molecule has 0 fully saturated rings. The summed E-state index contributed by atoms with van der Waals surface area (Å²) in [4.78, 5) is 11.0. The highest BCUT2D eigenvalue weighted by atomic mass is 32.2. The molecular formula is C14H18FNO4S. The number of nitrogens with one attached hydrogen (secondary N) is 1. The number of methoxy groups -OCH3 is 1. The lowest BCUT2D eigenvalue weighted by Gasteiger charge is -2.21. The molecule has 0 aliphatic carbocycles. The van der Waals surface area contributed by atoms with Gasteiger partial charge >= 0.3 is 5.97 Å². The quantitative estimate of drug-likeness (QED) is 0.682.